The number of aliphatic hydroxyl groups is 1. The van der Waals surface area contributed by atoms with E-state index in [1.165, 1.54) is 24.6 Å². The molecule has 0 fully saturated rings. The van der Waals surface area contributed by atoms with E-state index in [2.05, 4.69) is 9.97 Å². The molecule has 2 aromatic heterocycles. The number of hydrogen-bond donors (Lipinski definition) is 2. The number of aliphatic hydroxyl groups excluding tert-OH is 1. The zero-order valence-corrected chi connectivity index (χ0v) is 8.99. The number of nitrogens with zero attached hydrogens (tertiary/aromatic N) is 2. The van der Waals surface area contributed by atoms with E-state index < -0.39 is 12.1 Å². The lowest BCUT2D eigenvalue weighted by Gasteiger charge is -2.08. The minimum atomic E-state index is -1.21. The van der Waals surface area contributed by atoms with E-state index in [0.717, 1.165) is 0 Å². The molecule has 0 aliphatic rings. The molecule has 0 aliphatic carbocycles. The largest absolute Gasteiger partial charge is 0.478 e. The molecule has 2 N–H and O–H groups in total. The van der Waals surface area contributed by atoms with Crippen molar-refractivity contribution in [3.05, 3.63) is 47.4 Å². The molecule has 88 valence electrons. The number of hydrogen-bond acceptors (Lipinski definition) is 5. The molecular formula is C11H10N2O4. The van der Waals surface area contributed by atoms with Crippen molar-refractivity contribution in [3.63, 3.8) is 0 Å². The van der Waals surface area contributed by atoms with E-state index >= 15 is 0 Å². The predicted molar refractivity (Wildman–Crippen MR) is 56.5 cm³/mol. The molecule has 0 aliphatic heterocycles. The summed E-state index contributed by atoms with van der Waals surface area (Å²) in [7, 11) is 0. The maximum atomic E-state index is 10.9. The van der Waals surface area contributed by atoms with Crippen LogP contribution >= 0.6 is 0 Å². The van der Waals surface area contributed by atoms with Gasteiger partial charge >= 0.3 is 5.97 Å². The van der Waals surface area contributed by atoms with Gasteiger partial charge in [-0.05, 0) is 19.1 Å². The van der Waals surface area contributed by atoms with E-state index in [4.69, 9.17) is 9.52 Å². The first-order chi connectivity index (χ1) is 8.09. The number of furan rings is 1. The van der Waals surface area contributed by atoms with Crippen molar-refractivity contribution in [2.45, 2.75) is 13.0 Å². The molecule has 2 rings (SSSR count). The van der Waals surface area contributed by atoms with Crippen LogP contribution in [0.5, 0.6) is 0 Å². The fraction of sp³-hybridized carbons (Fsp3) is 0.182. The highest BCUT2D eigenvalue weighted by molar-refractivity contribution is 5.88. The lowest BCUT2D eigenvalue weighted by Crippen LogP contribution is -2.08. The van der Waals surface area contributed by atoms with Gasteiger partial charge in [0.1, 0.15) is 11.4 Å². The summed E-state index contributed by atoms with van der Waals surface area (Å²) in [6.07, 6.45) is 1.50. The number of carboxylic acids is 1. The van der Waals surface area contributed by atoms with Gasteiger partial charge in [0, 0.05) is 6.20 Å². The first-order valence-electron chi connectivity index (χ1n) is 4.88. The van der Waals surface area contributed by atoms with Gasteiger partial charge in [0.05, 0.1) is 12.0 Å². The van der Waals surface area contributed by atoms with Crippen LogP contribution in [0.1, 0.15) is 33.7 Å². The maximum Gasteiger partial charge on any atom is 0.339 e. The highest BCUT2D eigenvalue weighted by atomic mass is 16.4. The van der Waals surface area contributed by atoms with Crippen LogP contribution in [-0.2, 0) is 0 Å². The van der Waals surface area contributed by atoms with Crippen LogP contribution in [0.25, 0.3) is 0 Å². The third-order valence-corrected chi connectivity index (χ3v) is 2.25. The van der Waals surface area contributed by atoms with Gasteiger partial charge in [-0.2, -0.15) is 0 Å². The second-order valence-corrected chi connectivity index (χ2v) is 3.43. The second kappa shape index (κ2) is 4.34. The summed E-state index contributed by atoms with van der Waals surface area (Å²) in [6, 6.07) is 2.79. The fourth-order valence-corrected chi connectivity index (χ4v) is 1.47. The van der Waals surface area contributed by atoms with Crippen molar-refractivity contribution in [1.82, 2.24) is 9.97 Å². The molecular weight excluding hydrogens is 224 g/mol. The van der Waals surface area contributed by atoms with E-state index in [9.17, 15) is 9.90 Å². The number of carbonyl (C=O) groups is 1. The fourth-order valence-electron chi connectivity index (χ4n) is 1.47. The van der Waals surface area contributed by atoms with E-state index in [-0.39, 0.29) is 11.3 Å². The number of rotatable bonds is 3. The normalized spacial score (nSPS) is 12.4. The molecule has 0 saturated carbocycles. The topological polar surface area (TPSA) is 96.5 Å². The standard InChI is InChI=1S/C11H10N2O4/c1-6-12-4-2-8(13-6)9(14)10-7(11(15)16)3-5-17-10/h2-5,9,14H,1H3,(H,15,16). The van der Waals surface area contributed by atoms with Crippen LogP contribution in [0.2, 0.25) is 0 Å². The van der Waals surface area contributed by atoms with Crippen molar-refractivity contribution >= 4 is 5.97 Å². The van der Waals surface area contributed by atoms with Gasteiger partial charge in [-0.3, -0.25) is 0 Å². The molecule has 0 saturated heterocycles. The van der Waals surface area contributed by atoms with Crippen molar-refractivity contribution in [1.29, 1.82) is 0 Å². The number of aromatic carboxylic acids is 1. The van der Waals surface area contributed by atoms with E-state index in [0.29, 0.717) is 11.5 Å². The Kier molecular flexibility index (Phi) is 2.88. The summed E-state index contributed by atoms with van der Waals surface area (Å²) < 4.78 is 4.99. The minimum Gasteiger partial charge on any atom is -0.478 e. The van der Waals surface area contributed by atoms with Gasteiger partial charge in [0.25, 0.3) is 0 Å². The molecule has 0 bridgehead atoms. The van der Waals surface area contributed by atoms with Gasteiger partial charge < -0.3 is 14.6 Å². The Labute approximate surface area is 96.6 Å². The molecule has 6 nitrogen and oxygen atoms in total. The zero-order chi connectivity index (χ0) is 12.4. The van der Waals surface area contributed by atoms with Crippen LogP contribution < -0.4 is 0 Å². The van der Waals surface area contributed by atoms with Crippen molar-refractivity contribution in [3.8, 4) is 0 Å². The summed E-state index contributed by atoms with van der Waals surface area (Å²) in [5.41, 5.74) is 0.226. The Balaban J connectivity index is 2.40. The first kappa shape index (κ1) is 11.3. The average molecular weight is 234 g/mol. The van der Waals surface area contributed by atoms with E-state index in [1.54, 1.807) is 6.92 Å². The summed E-state index contributed by atoms with van der Waals surface area (Å²) in [6.45, 7) is 1.68. The molecule has 0 radical (unpaired) electrons. The molecule has 1 atom stereocenters. The molecule has 0 spiro atoms. The Morgan fingerprint density at radius 1 is 1.47 bits per heavy atom. The number of carboxylic acid groups (broad SMARTS) is 1. The third kappa shape index (κ3) is 2.16. The lowest BCUT2D eigenvalue weighted by atomic mass is 10.1. The average Bonchev–Trinajstić information content (AvgIpc) is 2.77. The monoisotopic (exact) mass is 234 g/mol. The highest BCUT2D eigenvalue weighted by Gasteiger charge is 2.23. The number of aryl methyl sites for hydroxylation is 1. The molecule has 0 aromatic carbocycles. The summed E-state index contributed by atoms with van der Waals surface area (Å²) in [5, 5.41) is 18.9. The summed E-state index contributed by atoms with van der Waals surface area (Å²) >= 11 is 0. The van der Waals surface area contributed by atoms with Gasteiger partial charge in [-0.1, -0.05) is 0 Å². The Bertz CT molecular complexity index is 550. The Hall–Kier alpha value is -2.21. The number of aromatic nitrogens is 2. The van der Waals surface area contributed by atoms with Gasteiger partial charge in [0.15, 0.2) is 11.9 Å². The highest BCUT2D eigenvalue weighted by Crippen LogP contribution is 2.24. The van der Waals surface area contributed by atoms with Crippen LogP contribution in [0.4, 0.5) is 0 Å². The molecule has 6 heteroatoms. The van der Waals surface area contributed by atoms with E-state index in [1.807, 2.05) is 0 Å². The lowest BCUT2D eigenvalue weighted by molar-refractivity contribution is 0.0687. The van der Waals surface area contributed by atoms with Gasteiger partial charge in [-0.15, -0.1) is 0 Å². The molecule has 0 amide bonds. The Morgan fingerprint density at radius 2 is 2.24 bits per heavy atom. The van der Waals surface area contributed by atoms with Crippen LogP contribution in [0.15, 0.2) is 29.0 Å². The third-order valence-electron chi connectivity index (χ3n) is 2.25. The van der Waals surface area contributed by atoms with Gasteiger partial charge in [-0.25, -0.2) is 14.8 Å². The molecule has 2 aromatic rings. The molecule has 17 heavy (non-hydrogen) atoms. The van der Waals surface area contributed by atoms with Gasteiger partial charge in [0.2, 0.25) is 0 Å². The zero-order valence-electron chi connectivity index (χ0n) is 8.99. The predicted octanol–water partition coefficient (Wildman–Crippen LogP) is 1.16. The van der Waals surface area contributed by atoms with Crippen LogP contribution in [0.3, 0.4) is 0 Å². The molecule has 1 unspecified atom stereocenters. The van der Waals surface area contributed by atoms with Crippen molar-refractivity contribution in [2.24, 2.45) is 0 Å². The van der Waals surface area contributed by atoms with Crippen molar-refractivity contribution in [2.75, 3.05) is 0 Å². The first-order valence-corrected chi connectivity index (χ1v) is 4.88. The van der Waals surface area contributed by atoms with Crippen LogP contribution in [-0.4, -0.2) is 26.2 Å². The smallest absolute Gasteiger partial charge is 0.339 e. The summed E-state index contributed by atoms with van der Waals surface area (Å²) in [4.78, 5) is 18.8. The Morgan fingerprint density at radius 3 is 2.88 bits per heavy atom. The maximum absolute atomic E-state index is 10.9. The van der Waals surface area contributed by atoms with Crippen molar-refractivity contribution < 1.29 is 19.4 Å². The second-order valence-electron chi connectivity index (χ2n) is 3.43. The van der Waals surface area contributed by atoms with Crippen LogP contribution in [0, 0.1) is 6.92 Å². The SMILES string of the molecule is Cc1nccc(C(O)c2occc2C(=O)O)n1. The minimum absolute atomic E-state index is 0.0319. The molecule has 2 heterocycles. The summed E-state index contributed by atoms with van der Waals surface area (Å²) in [5.74, 6) is -0.695. The quantitative estimate of drug-likeness (QED) is 0.827.